The van der Waals surface area contributed by atoms with Gasteiger partial charge in [0.2, 0.25) is 0 Å². The first-order valence-electron chi connectivity index (χ1n) is 10.5. The minimum absolute atomic E-state index is 0.167. The van der Waals surface area contributed by atoms with E-state index in [1.807, 2.05) is 24.3 Å². The third-order valence-electron chi connectivity index (χ3n) is 5.52. The van der Waals surface area contributed by atoms with E-state index >= 15 is 0 Å². The van der Waals surface area contributed by atoms with Crippen molar-refractivity contribution in [2.24, 2.45) is 0 Å². The average molecular weight is 423 g/mol. The highest BCUT2D eigenvalue weighted by molar-refractivity contribution is 7.42. The number of aryl methyl sites for hydroxylation is 2. The highest BCUT2D eigenvalue weighted by Crippen LogP contribution is 2.37. The van der Waals surface area contributed by atoms with Crippen molar-refractivity contribution in [3.63, 3.8) is 0 Å². The van der Waals surface area contributed by atoms with Crippen LogP contribution < -0.4 is 0 Å². The van der Waals surface area contributed by atoms with E-state index in [-0.39, 0.29) is 6.10 Å². The predicted octanol–water partition coefficient (Wildman–Crippen LogP) is 7.23. The number of hydrogen-bond acceptors (Lipinski definition) is 2. The fourth-order valence-corrected chi connectivity index (χ4v) is 4.79. The molecule has 0 saturated heterocycles. The van der Waals surface area contributed by atoms with Gasteiger partial charge in [-0.3, -0.25) is 0 Å². The topological polar surface area (TPSA) is 33.0 Å². The molecule has 0 N–H and O–H groups in total. The van der Waals surface area contributed by atoms with Crippen molar-refractivity contribution in [3.05, 3.63) is 118 Å². The molecule has 4 rings (SSSR count). The first-order chi connectivity index (χ1) is 15.2. The van der Waals surface area contributed by atoms with Gasteiger partial charge in [-0.2, -0.15) is 5.26 Å². The molecule has 3 aromatic rings. The van der Waals surface area contributed by atoms with E-state index in [2.05, 4.69) is 80.4 Å². The van der Waals surface area contributed by atoms with Crippen molar-refractivity contribution in [2.45, 2.75) is 26.6 Å². The molecule has 0 saturated carbocycles. The quantitative estimate of drug-likeness (QED) is 0.392. The van der Waals surface area contributed by atoms with Gasteiger partial charge in [-0.15, -0.1) is 0 Å². The van der Waals surface area contributed by atoms with Gasteiger partial charge in [0.05, 0.1) is 18.2 Å². The second kappa shape index (κ2) is 9.88. The minimum atomic E-state index is -0.167. The Bertz CT molecular complexity index is 1190. The molecule has 3 aromatic carbocycles. The largest absolute Gasteiger partial charge is 0.364 e. The van der Waals surface area contributed by atoms with Gasteiger partial charge in [0.15, 0.2) is 0 Å². The Morgan fingerprint density at radius 2 is 1.87 bits per heavy atom. The van der Waals surface area contributed by atoms with Gasteiger partial charge in [0.1, 0.15) is 6.10 Å². The van der Waals surface area contributed by atoms with E-state index in [4.69, 9.17) is 4.74 Å². The second-order valence-electron chi connectivity index (χ2n) is 7.87. The van der Waals surface area contributed by atoms with Crippen LogP contribution in [0.15, 0.2) is 90.3 Å². The standard InChI is InChI=1S/C28H26NOP/c1-20-7-5-9-22(15-20)18-30-28(25-10-6-14-31-19-25)23-12-13-24(17-29)27(16-23)26-11-4-3-8-21(26)2/h3-13,15-16,19,28,31H,14,18H2,1-2H3. The summed E-state index contributed by atoms with van der Waals surface area (Å²) in [4.78, 5) is 0. The Morgan fingerprint density at radius 3 is 2.61 bits per heavy atom. The molecule has 3 heteroatoms. The third kappa shape index (κ3) is 5.02. The van der Waals surface area contributed by atoms with Crippen LogP contribution in [-0.4, -0.2) is 6.16 Å². The fraction of sp³-hybridized carbons (Fsp3) is 0.179. The Morgan fingerprint density at radius 1 is 1.00 bits per heavy atom. The molecular formula is C28H26NOP. The second-order valence-corrected chi connectivity index (χ2v) is 8.97. The van der Waals surface area contributed by atoms with Crippen molar-refractivity contribution in [1.82, 2.24) is 0 Å². The van der Waals surface area contributed by atoms with Crippen LogP contribution in [0.25, 0.3) is 11.1 Å². The summed E-state index contributed by atoms with van der Waals surface area (Å²) in [6, 6.07) is 25.1. The number of allylic oxidation sites excluding steroid dienone is 1. The van der Waals surface area contributed by atoms with Gasteiger partial charge >= 0.3 is 0 Å². The summed E-state index contributed by atoms with van der Waals surface area (Å²) in [5, 5.41) is 9.72. The van der Waals surface area contributed by atoms with Crippen LogP contribution in [0.2, 0.25) is 0 Å². The summed E-state index contributed by atoms with van der Waals surface area (Å²) in [7, 11) is 0.773. The zero-order valence-electron chi connectivity index (χ0n) is 17.9. The van der Waals surface area contributed by atoms with Gasteiger partial charge in [-0.25, -0.2) is 0 Å². The van der Waals surface area contributed by atoms with Crippen LogP contribution in [0.1, 0.15) is 33.9 Å². The van der Waals surface area contributed by atoms with E-state index < -0.39 is 0 Å². The van der Waals surface area contributed by atoms with Gasteiger partial charge in [-0.05, 0) is 60.0 Å². The van der Waals surface area contributed by atoms with E-state index in [1.54, 1.807) is 0 Å². The molecule has 1 heterocycles. The summed E-state index contributed by atoms with van der Waals surface area (Å²) in [6.07, 6.45) is 5.34. The number of benzene rings is 3. The summed E-state index contributed by atoms with van der Waals surface area (Å²) >= 11 is 0. The summed E-state index contributed by atoms with van der Waals surface area (Å²) < 4.78 is 6.51. The molecule has 2 atom stereocenters. The van der Waals surface area contributed by atoms with Crippen LogP contribution in [-0.2, 0) is 11.3 Å². The van der Waals surface area contributed by atoms with Crippen molar-refractivity contribution >= 4 is 8.58 Å². The molecule has 1 aliphatic rings. The Kier molecular flexibility index (Phi) is 6.78. The lowest BCUT2D eigenvalue weighted by atomic mass is 9.92. The van der Waals surface area contributed by atoms with Crippen molar-refractivity contribution in [2.75, 3.05) is 6.16 Å². The van der Waals surface area contributed by atoms with E-state index in [0.717, 1.165) is 37.0 Å². The smallest absolute Gasteiger partial charge is 0.108 e. The van der Waals surface area contributed by atoms with Crippen LogP contribution >= 0.6 is 8.58 Å². The molecule has 2 unspecified atom stereocenters. The average Bonchev–Trinajstić information content (AvgIpc) is 2.80. The maximum absolute atomic E-state index is 9.72. The molecular weight excluding hydrogens is 397 g/mol. The molecule has 0 fully saturated rings. The molecule has 154 valence electrons. The lowest BCUT2D eigenvalue weighted by Crippen LogP contribution is -2.08. The highest BCUT2D eigenvalue weighted by atomic mass is 31.1. The Labute approximate surface area is 186 Å². The minimum Gasteiger partial charge on any atom is -0.364 e. The molecule has 0 amide bonds. The Balaban J connectivity index is 1.73. The van der Waals surface area contributed by atoms with E-state index in [9.17, 15) is 5.26 Å². The third-order valence-corrected chi connectivity index (χ3v) is 6.53. The van der Waals surface area contributed by atoms with Crippen LogP contribution in [0.5, 0.6) is 0 Å². The monoisotopic (exact) mass is 423 g/mol. The summed E-state index contributed by atoms with van der Waals surface area (Å²) in [5.41, 5.74) is 8.57. The molecule has 0 radical (unpaired) electrons. The first-order valence-corrected chi connectivity index (χ1v) is 11.8. The number of rotatable bonds is 6. The maximum Gasteiger partial charge on any atom is 0.108 e. The van der Waals surface area contributed by atoms with Crippen molar-refractivity contribution in [1.29, 1.82) is 5.26 Å². The zero-order chi connectivity index (χ0) is 21.6. The Hall–Kier alpha value is -2.98. The van der Waals surface area contributed by atoms with E-state index in [0.29, 0.717) is 12.2 Å². The van der Waals surface area contributed by atoms with Crippen LogP contribution in [0.4, 0.5) is 0 Å². The summed E-state index contributed by atoms with van der Waals surface area (Å²) in [5.74, 6) is 2.30. The fourth-order valence-electron chi connectivity index (χ4n) is 3.94. The SMILES string of the molecule is Cc1cccc(COC(C2=CPCC=C2)c2ccc(C#N)c(-c3ccccc3C)c2)c1. The molecule has 0 spiro atoms. The first kappa shape index (κ1) is 21.3. The number of nitriles is 1. The molecule has 0 bridgehead atoms. The molecule has 0 aromatic heterocycles. The number of ether oxygens (including phenoxy) is 1. The van der Waals surface area contributed by atoms with Crippen LogP contribution in [0.3, 0.4) is 0 Å². The molecule has 31 heavy (non-hydrogen) atoms. The van der Waals surface area contributed by atoms with Crippen LogP contribution in [0, 0.1) is 25.2 Å². The lowest BCUT2D eigenvalue weighted by molar-refractivity contribution is 0.0664. The summed E-state index contributed by atoms with van der Waals surface area (Å²) in [6.45, 7) is 4.73. The number of hydrogen-bond donors (Lipinski definition) is 0. The van der Waals surface area contributed by atoms with Crippen molar-refractivity contribution in [3.8, 4) is 17.2 Å². The molecule has 1 aliphatic heterocycles. The highest BCUT2D eigenvalue weighted by Gasteiger charge is 2.20. The van der Waals surface area contributed by atoms with E-state index in [1.165, 1.54) is 16.7 Å². The molecule has 2 nitrogen and oxygen atoms in total. The predicted molar refractivity (Wildman–Crippen MR) is 130 cm³/mol. The van der Waals surface area contributed by atoms with Gasteiger partial charge < -0.3 is 4.74 Å². The maximum atomic E-state index is 9.72. The zero-order valence-corrected chi connectivity index (χ0v) is 18.9. The van der Waals surface area contributed by atoms with Gasteiger partial charge in [0.25, 0.3) is 0 Å². The van der Waals surface area contributed by atoms with Crippen molar-refractivity contribution < 1.29 is 4.74 Å². The number of nitrogens with zero attached hydrogens (tertiary/aromatic N) is 1. The lowest BCUT2D eigenvalue weighted by Gasteiger charge is -2.23. The van der Waals surface area contributed by atoms with Gasteiger partial charge in [-0.1, -0.05) is 86.7 Å². The molecule has 0 aliphatic carbocycles. The van der Waals surface area contributed by atoms with Gasteiger partial charge in [0, 0.05) is 5.56 Å². The normalized spacial score (nSPS) is 14.8.